The van der Waals surface area contributed by atoms with Crippen molar-refractivity contribution in [1.29, 1.82) is 0 Å². The largest absolute Gasteiger partial charge is 0.322 e. The Bertz CT molecular complexity index is 750. The van der Waals surface area contributed by atoms with Gasteiger partial charge in [-0.2, -0.15) is 0 Å². The highest BCUT2D eigenvalue weighted by Crippen LogP contribution is 2.28. The van der Waals surface area contributed by atoms with E-state index in [1.54, 1.807) is 24.5 Å². The molecule has 0 saturated heterocycles. The molecule has 0 unspecified atom stereocenters. The van der Waals surface area contributed by atoms with Crippen LogP contribution in [0.4, 0.5) is 11.4 Å². The molecule has 0 saturated carbocycles. The third kappa shape index (κ3) is 3.77. The summed E-state index contributed by atoms with van der Waals surface area (Å²) >= 11 is 3.47. The topological polar surface area (TPSA) is 72.2 Å². The lowest BCUT2D eigenvalue weighted by molar-refractivity contribution is -0.387. The van der Waals surface area contributed by atoms with Gasteiger partial charge in [-0.1, -0.05) is 6.07 Å². The highest BCUT2D eigenvalue weighted by Gasteiger charge is 2.17. The Kier molecular flexibility index (Phi) is 5.41. The van der Waals surface area contributed by atoms with Crippen molar-refractivity contribution >= 4 is 51.6 Å². The molecule has 2 aromatic carbocycles. The number of nitrogens with zero attached hydrogens (tertiary/aromatic N) is 1. The van der Waals surface area contributed by atoms with Crippen LogP contribution in [0.2, 0.25) is 0 Å². The molecule has 0 fully saturated rings. The number of nitrogens with one attached hydrogen (secondary N) is 1. The minimum absolute atomic E-state index is 0.0568. The Balaban J connectivity index is 2.27. The molecule has 0 spiro atoms. The van der Waals surface area contributed by atoms with Crippen LogP contribution in [0.3, 0.4) is 0 Å². The first-order valence-electron chi connectivity index (χ1n) is 6.32. The highest BCUT2D eigenvalue weighted by atomic mass is 127. The van der Waals surface area contributed by atoms with Crippen LogP contribution in [-0.2, 0) is 0 Å². The van der Waals surface area contributed by atoms with E-state index in [0.29, 0.717) is 10.6 Å². The summed E-state index contributed by atoms with van der Waals surface area (Å²) < 4.78 is 1.04. The summed E-state index contributed by atoms with van der Waals surface area (Å²) in [5.74, 6) is -0.365. The van der Waals surface area contributed by atoms with Crippen molar-refractivity contribution < 1.29 is 9.72 Å². The average molecular weight is 428 g/mol. The monoisotopic (exact) mass is 428 g/mol. The van der Waals surface area contributed by atoms with E-state index >= 15 is 0 Å². The summed E-state index contributed by atoms with van der Waals surface area (Å²) in [5, 5.41) is 13.8. The number of nitro benzene ring substituents is 1. The van der Waals surface area contributed by atoms with Gasteiger partial charge in [0.1, 0.15) is 0 Å². The van der Waals surface area contributed by atoms with Crippen molar-refractivity contribution in [1.82, 2.24) is 0 Å². The molecule has 2 rings (SSSR count). The lowest BCUT2D eigenvalue weighted by Gasteiger charge is -2.08. The van der Waals surface area contributed by atoms with E-state index in [4.69, 9.17) is 0 Å². The number of halogens is 1. The Hall–Kier alpha value is -1.61. The number of nitro groups is 1. The summed E-state index contributed by atoms with van der Waals surface area (Å²) in [7, 11) is 0. The van der Waals surface area contributed by atoms with E-state index in [-0.39, 0.29) is 17.2 Å². The molecule has 0 bridgehead atoms. The van der Waals surface area contributed by atoms with Gasteiger partial charge in [-0.05, 0) is 65.6 Å². The van der Waals surface area contributed by atoms with Crippen molar-refractivity contribution in [3.8, 4) is 0 Å². The Morgan fingerprint density at radius 1 is 1.27 bits per heavy atom. The number of thioether (sulfide) groups is 1. The molecule has 2 aromatic rings. The zero-order valence-corrected chi connectivity index (χ0v) is 14.9. The molecule has 1 amide bonds. The van der Waals surface area contributed by atoms with Gasteiger partial charge in [0.25, 0.3) is 11.6 Å². The van der Waals surface area contributed by atoms with Crippen LogP contribution in [0, 0.1) is 20.6 Å². The van der Waals surface area contributed by atoms with Crippen LogP contribution in [0.15, 0.2) is 41.3 Å². The minimum atomic E-state index is -0.475. The third-order valence-electron chi connectivity index (χ3n) is 3.07. The molecule has 114 valence electrons. The van der Waals surface area contributed by atoms with E-state index in [1.807, 2.05) is 19.1 Å². The van der Waals surface area contributed by atoms with Gasteiger partial charge in [0.05, 0.1) is 9.82 Å². The normalized spacial score (nSPS) is 10.3. The zero-order valence-electron chi connectivity index (χ0n) is 11.9. The van der Waals surface area contributed by atoms with Gasteiger partial charge in [0, 0.05) is 20.9 Å². The molecule has 5 nitrogen and oxygen atoms in total. The van der Waals surface area contributed by atoms with Gasteiger partial charge in [-0.15, -0.1) is 11.8 Å². The Morgan fingerprint density at radius 2 is 2.00 bits per heavy atom. The fraction of sp³-hybridized carbons (Fsp3) is 0.133. The Morgan fingerprint density at radius 3 is 2.59 bits per heavy atom. The number of carbonyl (C=O) groups excluding carboxylic acids is 1. The molecule has 0 aliphatic carbocycles. The lowest BCUT2D eigenvalue weighted by atomic mass is 10.1. The van der Waals surface area contributed by atoms with Crippen molar-refractivity contribution in [3.05, 3.63) is 61.2 Å². The number of amides is 1. The van der Waals surface area contributed by atoms with E-state index in [9.17, 15) is 14.9 Å². The first kappa shape index (κ1) is 16.8. The first-order valence-corrected chi connectivity index (χ1v) is 8.62. The quantitative estimate of drug-likeness (QED) is 0.337. The predicted molar refractivity (Wildman–Crippen MR) is 96.7 cm³/mol. The number of carbonyl (C=O) groups is 1. The number of aryl methyl sites for hydroxylation is 1. The highest BCUT2D eigenvalue weighted by molar-refractivity contribution is 14.1. The van der Waals surface area contributed by atoms with Gasteiger partial charge in [-0.3, -0.25) is 14.9 Å². The zero-order chi connectivity index (χ0) is 16.3. The van der Waals surface area contributed by atoms with Gasteiger partial charge >= 0.3 is 0 Å². The molecule has 0 heterocycles. The SMILES string of the molecule is CSc1ccc(C(=O)Nc2ccc(C)c(I)c2)cc1[N+](=O)[O-]. The smallest absolute Gasteiger partial charge is 0.283 e. The maximum Gasteiger partial charge on any atom is 0.283 e. The molecule has 0 atom stereocenters. The minimum Gasteiger partial charge on any atom is -0.322 e. The summed E-state index contributed by atoms with van der Waals surface area (Å²) in [6.07, 6.45) is 1.76. The molecule has 1 N–H and O–H groups in total. The van der Waals surface area contributed by atoms with Crippen molar-refractivity contribution in [3.63, 3.8) is 0 Å². The van der Waals surface area contributed by atoms with Gasteiger partial charge in [0.15, 0.2) is 0 Å². The van der Waals surface area contributed by atoms with Crippen molar-refractivity contribution in [2.45, 2.75) is 11.8 Å². The number of benzene rings is 2. The molecule has 0 aromatic heterocycles. The van der Waals surface area contributed by atoms with Crippen LogP contribution in [0.1, 0.15) is 15.9 Å². The van der Waals surface area contributed by atoms with Crippen molar-refractivity contribution in [2.75, 3.05) is 11.6 Å². The molecule has 7 heteroatoms. The molecule has 0 aliphatic rings. The maximum absolute atomic E-state index is 12.2. The van der Waals surface area contributed by atoms with Gasteiger partial charge in [-0.25, -0.2) is 0 Å². The van der Waals surface area contributed by atoms with Gasteiger partial charge in [0.2, 0.25) is 0 Å². The summed E-state index contributed by atoms with van der Waals surface area (Å²) in [4.78, 5) is 23.4. The van der Waals surface area contributed by atoms with Crippen molar-refractivity contribution in [2.24, 2.45) is 0 Å². The van der Waals surface area contributed by atoms with E-state index in [0.717, 1.165) is 9.13 Å². The lowest BCUT2D eigenvalue weighted by Crippen LogP contribution is -2.12. The fourth-order valence-electron chi connectivity index (χ4n) is 1.85. The van der Waals surface area contributed by atoms with Crippen LogP contribution < -0.4 is 5.32 Å². The average Bonchev–Trinajstić information content (AvgIpc) is 2.50. The molecule has 0 radical (unpaired) electrons. The second kappa shape index (κ2) is 7.10. The van der Waals surface area contributed by atoms with E-state index < -0.39 is 4.92 Å². The Labute approximate surface area is 145 Å². The maximum atomic E-state index is 12.2. The second-order valence-corrected chi connectivity index (χ2v) is 6.57. The molecular formula is C15H13IN2O3S. The van der Waals surface area contributed by atoms with E-state index in [1.165, 1.54) is 17.8 Å². The fourth-order valence-corrected chi connectivity index (χ4v) is 2.91. The molecular weight excluding hydrogens is 415 g/mol. The molecule has 0 aliphatic heterocycles. The second-order valence-electron chi connectivity index (χ2n) is 4.56. The molecule has 22 heavy (non-hydrogen) atoms. The summed E-state index contributed by atoms with van der Waals surface area (Å²) in [6, 6.07) is 10.1. The van der Waals surface area contributed by atoms with Crippen LogP contribution in [0.25, 0.3) is 0 Å². The van der Waals surface area contributed by atoms with Crippen LogP contribution >= 0.6 is 34.4 Å². The first-order chi connectivity index (χ1) is 10.4. The van der Waals surface area contributed by atoms with Crippen LogP contribution in [-0.4, -0.2) is 17.1 Å². The summed E-state index contributed by atoms with van der Waals surface area (Å²) in [5.41, 5.74) is 1.99. The summed E-state index contributed by atoms with van der Waals surface area (Å²) in [6.45, 7) is 1.98. The third-order valence-corrected chi connectivity index (χ3v) is 5.01. The number of hydrogen-bond acceptors (Lipinski definition) is 4. The van der Waals surface area contributed by atoms with Crippen LogP contribution in [0.5, 0.6) is 0 Å². The number of hydrogen-bond donors (Lipinski definition) is 1. The standard InChI is InChI=1S/C15H13IN2O3S/c1-9-3-5-11(8-12(9)16)17-15(19)10-4-6-14(22-2)13(7-10)18(20)21/h3-8H,1-2H3,(H,17,19). The predicted octanol–water partition coefficient (Wildman–Crippen LogP) is 4.48. The number of anilines is 1. The van der Waals surface area contributed by atoms with E-state index in [2.05, 4.69) is 27.9 Å². The number of rotatable bonds is 4. The van der Waals surface area contributed by atoms with Gasteiger partial charge < -0.3 is 5.32 Å².